The number of piperidine rings is 1. The summed E-state index contributed by atoms with van der Waals surface area (Å²) in [6.45, 7) is 7.29. The molecule has 0 radical (unpaired) electrons. The third-order valence-electron chi connectivity index (χ3n) is 6.04. The first-order chi connectivity index (χ1) is 12.7. The van der Waals surface area contributed by atoms with E-state index >= 15 is 0 Å². The molecular weight excluding hydrogens is 332 g/mol. The van der Waals surface area contributed by atoms with Crippen molar-refractivity contribution in [3.05, 3.63) is 0 Å². The second-order valence-electron chi connectivity index (χ2n) is 7.72. The zero-order chi connectivity index (χ0) is 18.4. The van der Waals surface area contributed by atoms with E-state index in [4.69, 9.17) is 4.74 Å². The fraction of sp³-hybridized carbons (Fsp3) is 0.895. The van der Waals surface area contributed by atoms with Gasteiger partial charge < -0.3 is 19.9 Å². The quantitative estimate of drug-likeness (QED) is 0.832. The van der Waals surface area contributed by atoms with Crippen molar-refractivity contribution in [2.45, 2.75) is 64.0 Å². The Morgan fingerprint density at radius 3 is 2.15 bits per heavy atom. The molecular formula is C19H34N4O3. The number of urea groups is 1. The molecule has 2 heterocycles. The molecule has 7 nitrogen and oxygen atoms in total. The highest BCUT2D eigenvalue weighted by Gasteiger charge is 2.31. The molecule has 1 N–H and O–H groups in total. The van der Waals surface area contributed by atoms with Gasteiger partial charge in [-0.2, -0.15) is 0 Å². The zero-order valence-corrected chi connectivity index (χ0v) is 16.1. The fourth-order valence-corrected chi connectivity index (χ4v) is 4.43. The summed E-state index contributed by atoms with van der Waals surface area (Å²) in [6.07, 6.45) is 7.84. The van der Waals surface area contributed by atoms with Crippen LogP contribution in [0.5, 0.6) is 0 Å². The summed E-state index contributed by atoms with van der Waals surface area (Å²) >= 11 is 0. The summed E-state index contributed by atoms with van der Waals surface area (Å²) in [5.41, 5.74) is 0. The Balaban J connectivity index is 1.37. The lowest BCUT2D eigenvalue weighted by Gasteiger charge is -2.42. The van der Waals surface area contributed by atoms with Crippen LogP contribution in [0.4, 0.5) is 9.59 Å². The van der Waals surface area contributed by atoms with E-state index in [9.17, 15) is 9.59 Å². The van der Waals surface area contributed by atoms with Crippen LogP contribution in [-0.2, 0) is 4.74 Å². The van der Waals surface area contributed by atoms with Gasteiger partial charge in [0.15, 0.2) is 0 Å². The molecule has 0 aromatic heterocycles. The van der Waals surface area contributed by atoms with Crippen LogP contribution in [0.3, 0.4) is 0 Å². The molecule has 0 spiro atoms. The molecule has 0 aromatic carbocycles. The number of carbonyl (C=O) groups is 2. The first kappa shape index (κ1) is 19.3. The number of hydrogen-bond acceptors (Lipinski definition) is 4. The van der Waals surface area contributed by atoms with Crippen LogP contribution in [-0.4, -0.2) is 84.8 Å². The Morgan fingerprint density at radius 2 is 1.54 bits per heavy atom. The van der Waals surface area contributed by atoms with E-state index in [1.54, 1.807) is 0 Å². The number of hydrogen-bond donors (Lipinski definition) is 1. The highest BCUT2D eigenvalue weighted by Crippen LogP contribution is 2.20. The lowest BCUT2D eigenvalue weighted by Crippen LogP contribution is -2.57. The average molecular weight is 367 g/mol. The number of ether oxygens (including phenoxy) is 1. The number of nitrogens with one attached hydrogen (secondary N) is 1. The van der Waals surface area contributed by atoms with Crippen LogP contribution in [0.15, 0.2) is 0 Å². The highest BCUT2D eigenvalue weighted by atomic mass is 16.6. The van der Waals surface area contributed by atoms with Crippen LogP contribution >= 0.6 is 0 Å². The van der Waals surface area contributed by atoms with Gasteiger partial charge in [0, 0.05) is 51.4 Å². The molecule has 0 unspecified atom stereocenters. The van der Waals surface area contributed by atoms with Gasteiger partial charge in [-0.3, -0.25) is 4.90 Å². The van der Waals surface area contributed by atoms with Gasteiger partial charge in [0.2, 0.25) is 0 Å². The Labute approximate surface area is 157 Å². The number of carbonyl (C=O) groups excluding carboxylic acids is 2. The third-order valence-corrected chi connectivity index (χ3v) is 6.04. The van der Waals surface area contributed by atoms with E-state index in [1.165, 1.54) is 19.3 Å². The molecule has 1 aliphatic carbocycles. The molecule has 3 fully saturated rings. The van der Waals surface area contributed by atoms with E-state index in [0.29, 0.717) is 18.7 Å². The Kier molecular flexibility index (Phi) is 7.00. The minimum Gasteiger partial charge on any atom is -0.450 e. The minimum atomic E-state index is -0.185. The van der Waals surface area contributed by atoms with Gasteiger partial charge in [-0.25, -0.2) is 9.59 Å². The topological polar surface area (TPSA) is 65.1 Å². The monoisotopic (exact) mass is 366 g/mol. The lowest BCUT2D eigenvalue weighted by molar-refractivity contribution is 0.0564. The van der Waals surface area contributed by atoms with Crippen molar-refractivity contribution in [2.75, 3.05) is 45.9 Å². The van der Waals surface area contributed by atoms with Gasteiger partial charge in [0.1, 0.15) is 0 Å². The minimum absolute atomic E-state index is 0.119. The lowest BCUT2D eigenvalue weighted by atomic mass is 9.96. The van der Waals surface area contributed by atoms with Crippen molar-refractivity contribution in [2.24, 2.45) is 0 Å². The van der Waals surface area contributed by atoms with Gasteiger partial charge in [-0.15, -0.1) is 0 Å². The first-order valence-corrected chi connectivity index (χ1v) is 10.4. The van der Waals surface area contributed by atoms with E-state index in [0.717, 1.165) is 65.0 Å². The standard InChI is InChI=1S/C19H34N4O3/c1-2-26-19(25)23-10-8-17(9-11-23)21-12-14-22(15-13-21)18(24)20-16-6-4-3-5-7-16/h16-17H,2-15H2,1H3,(H,20,24). The zero-order valence-electron chi connectivity index (χ0n) is 16.1. The molecule has 26 heavy (non-hydrogen) atoms. The Morgan fingerprint density at radius 1 is 0.885 bits per heavy atom. The summed E-state index contributed by atoms with van der Waals surface area (Å²) in [7, 11) is 0. The first-order valence-electron chi connectivity index (χ1n) is 10.4. The molecule has 3 rings (SSSR count). The molecule has 0 aromatic rings. The van der Waals surface area contributed by atoms with Gasteiger partial charge in [0.05, 0.1) is 6.61 Å². The van der Waals surface area contributed by atoms with Crippen molar-refractivity contribution >= 4 is 12.1 Å². The molecule has 0 atom stereocenters. The molecule has 0 bridgehead atoms. The predicted octanol–water partition coefficient (Wildman–Crippen LogP) is 2.27. The number of piperazine rings is 1. The van der Waals surface area contributed by atoms with Gasteiger partial charge in [-0.1, -0.05) is 19.3 Å². The van der Waals surface area contributed by atoms with Crippen molar-refractivity contribution in [3.63, 3.8) is 0 Å². The summed E-state index contributed by atoms with van der Waals surface area (Å²) < 4.78 is 5.09. The van der Waals surface area contributed by atoms with E-state index in [2.05, 4.69) is 10.2 Å². The van der Waals surface area contributed by atoms with Gasteiger partial charge in [0.25, 0.3) is 0 Å². The van der Waals surface area contributed by atoms with Crippen LogP contribution in [0.1, 0.15) is 51.9 Å². The summed E-state index contributed by atoms with van der Waals surface area (Å²) in [5.74, 6) is 0. The maximum absolute atomic E-state index is 12.5. The van der Waals surface area contributed by atoms with E-state index in [-0.39, 0.29) is 12.1 Å². The number of rotatable bonds is 3. The molecule has 2 saturated heterocycles. The number of amides is 3. The van der Waals surface area contributed by atoms with Crippen LogP contribution < -0.4 is 5.32 Å². The van der Waals surface area contributed by atoms with E-state index < -0.39 is 0 Å². The van der Waals surface area contributed by atoms with Crippen molar-refractivity contribution in [3.8, 4) is 0 Å². The molecule has 148 valence electrons. The second kappa shape index (κ2) is 9.44. The number of likely N-dealkylation sites (tertiary alicyclic amines) is 1. The summed E-state index contributed by atoms with van der Waals surface area (Å²) in [6, 6.07) is 1.01. The van der Waals surface area contributed by atoms with Crippen LogP contribution in [0, 0.1) is 0 Å². The third kappa shape index (κ3) is 5.02. The van der Waals surface area contributed by atoms with Crippen LogP contribution in [0.2, 0.25) is 0 Å². The smallest absolute Gasteiger partial charge is 0.409 e. The molecule has 2 aliphatic heterocycles. The maximum atomic E-state index is 12.5. The molecule has 3 amide bonds. The predicted molar refractivity (Wildman–Crippen MR) is 100 cm³/mol. The average Bonchev–Trinajstić information content (AvgIpc) is 2.69. The Hall–Kier alpha value is -1.50. The molecule has 1 saturated carbocycles. The summed E-state index contributed by atoms with van der Waals surface area (Å²) in [4.78, 5) is 30.5. The molecule has 7 heteroatoms. The van der Waals surface area contributed by atoms with E-state index in [1.807, 2.05) is 16.7 Å². The number of nitrogens with zero attached hydrogens (tertiary/aromatic N) is 3. The van der Waals surface area contributed by atoms with Crippen molar-refractivity contribution < 1.29 is 14.3 Å². The van der Waals surface area contributed by atoms with Gasteiger partial charge in [-0.05, 0) is 32.6 Å². The van der Waals surface area contributed by atoms with Crippen molar-refractivity contribution in [1.29, 1.82) is 0 Å². The van der Waals surface area contributed by atoms with Crippen LogP contribution in [0.25, 0.3) is 0 Å². The van der Waals surface area contributed by atoms with Gasteiger partial charge >= 0.3 is 12.1 Å². The highest BCUT2D eigenvalue weighted by molar-refractivity contribution is 5.74. The SMILES string of the molecule is CCOC(=O)N1CCC(N2CCN(C(=O)NC3CCCCC3)CC2)CC1. The van der Waals surface area contributed by atoms with Crippen molar-refractivity contribution in [1.82, 2.24) is 20.0 Å². The largest absolute Gasteiger partial charge is 0.450 e. The normalized spacial score (nSPS) is 23.7. The summed E-state index contributed by atoms with van der Waals surface area (Å²) in [5, 5.41) is 3.22. The fourth-order valence-electron chi connectivity index (χ4n) is 4.43. The Bertz CT molecular complexity index is 465. The maximum Gasteiger partial charge on any atom is 0.409 e. The second-order valence-corrected chi connectivity index (χ2v) is 7.72. The molecule has 3 aliphatic rings.